The van der Waals surface area contributed by atoms with Crippen LogP contribution in [0.15, 0.2) is 36.4 Å². The number of halogens is 1. The number of carbonyl (C=O) groups excluding carboxylic acids is 3. The number of methoxy groups -OCH3 is 1. The lowest BCUT2D eigenvalue weighted by Gasteiger charge is -2.45. The molecule has 1 saturated carbocycles. The van der Waals surface area contributed by atoms with Gasteiger partial charge in [0.2, 0.25) is 0 Å². The first-order chi connectivity index (χ1) is 21.3. The number of likely N-dealkylation sites (N-methyl/N-ethyl adjacent to an activating group) is 1. The number of rotatable bonds is 13. The molecule has 3 saturated heterocycles. The lowest BCUT2D eigenvalue weighted by atomic mass is 9.69. The number of benzene rings is 2. The third-order valence-corrected chi connectivity index (χ3v) is 10.1. The van der Waals surface area contributed by atoms with Crippen molar-refractivity contribution in [2.75, 3.05) is 46.9 Å². The SMILES string of the molecule is COc1cc(OCC(=O)N(C)CCCCc2cccc(C3(C(=O)O[C@H]4CN5CCC4CC5)CCCCC3)c2)c(Cl)cc1C=O. The van der Waals surface area contributed by atoms with Crippen LogP contribution in [0.5, 0.6) is 11.5 Å². The molecule has 2 aromatic carbocycles. The fourth-order valence-corrected chi connectivity index (χ4v) is 7.29. The number of unbranched alkanes of at least 4 members (excludes halogenated alkanes) is 1. The molecular formula is C35H45ClN2O6. The predicted octanol–water partition coefficient (Wildman–Crippen LogP) is 5.86. The average Bonchev–Trinajstić information content (AvgIpc) is 3.06. The molecule has 4 aliphatic rings. The van der Waals surface area contributed by atoms with Gasteiger partial charge in [0, 0.05) is 26.2 Å². The number of fused-ring (bicyclic) bond motifs is 3. The van der Waals surface area contributed by atoms with Crippen LogP contribution in [0.4, 0.5) is 0 Å². The number of aryl methyl sites for hydroxylation is 1. The van der Waals surface area contributed by atoms with E-state index in [1.807, 2.05) is 0 Å². The molecule has 1 aliphatic carbocycles. The van der Waals surface area contributed by atoms with Crippen LogP contribution in [-0.2, 0) is 26.2 Å². The molecule has 0 radical (unpaired) electrons. The van der Waals surface area contributed by atoms with Gasteiger partial charge in [-0.15, -0.1) is 0 Å². The maximum absolute atomic E-state index is 13.9. The van der Waals surface area contributed by atoms with Gasteiger partial charge < -0.3 is 19.1 Å². The second-order valence-electron chi connectivity index (χ2n) is 12.6. The summed E-state index contributed by atoms with van der Waals surface area (Å²) in [6.45, 7) is 3.57. The summed E-state index contributed by atoms with van der Waals surface area (Å²) in [5.41, 5.74) is 2.08. The third-order valence-electron chi connectivity index (χ3n) is 9.83. The van der Waals surface area contributed by atoms with Crippen molar-refractivity contribution in [2.24, 2.45) is 5.92 Å². The number of hydrogen-bond donors (Lipinski definition) is 0. The number of hydrogen-bond acceptors (Lipinski definition) is 7. The van der Waals surface area contributed by atoms with Gasteiger partial charge in [-0.1, -0.05) is 55.1 Å². The Labute approximate surface area is 266 Å². The van der Waals surface area contributed by atoms with Crippen LogP contribution in [0.1, 0.15) is 79.3 Å². The summed E-state index contributed by atoms with van der Waals surface area (Å²) in [6.07, 6.45) is 10.5. The van der Waals surface area contributed by atoms with Gasteiger partial charge in [0.1, 0.15) is 17.6 Å². The van der Waals surface area contributed by atoms with Crippen LogP contribution in [0, 0.1) is 5.92 Å². The maximum Gasteiger partial charge on any atom is 0.316 e. The van der Waals surface area contributed by atoms with E-state index in [-0.39, 0.29) is 29.6 Å². The number of ether oxygens (including phenoxy) is 3. The summed E-state index contributed by atoms with van der Waals surface area (Å²) >= 11 is 6.21. The standard InChI is InChI=1S/C35H45ClN2O6/c1-37(33(40)24-43-31-21-30(42-2)27(23-39)20-29(31)36)16-7-4-9-25-10-8-11-28(19-25)35(14-5-3-6-15-35)34(41)44-32-22-38-17-12-26(32)13-18-38/h8,10-11,19-21,23,26,32H,3-7,9,12-18,22,24H2,1-2H3/t32-/m0/s1. The Morgan fingerprint density at radius 3 is 2.52 bits per heavy atom. The largest absolute Gasteiger partial charge is 0.496 e. The van der Waals surface area contributed by atoms with E-state index < -0.39 is 5.41 Å². The Morgan fingerprint density at radius 2 is 1.84 bits per heavy atom. The Hall–Kier alpha value is -3.10. The summed E-state index contributed by atoms with van der Waals surface area (Å²) < 4.78 is 17.2. The second kappa shape index (κ2) is 14.8. The van der Waals surface area contributed by atoms with Crippen molar-refractivity contribution in [2.45, 2.75) is 75.7 Å². The van der Waals surface area contributed by atoms with Gasteiger partial charge in [0.25, 0.3) is 5.91 Å². The molecule has 0 aromatic heterocycles. The fraction of sp³-hybridized carbons (Fsp3) is 0.571. The minimum absolute atomic E-state index is 0.0186. The molecule has 8 nitrogen and oxygen atoms in total. The number of aldehydes is 1. The number of carbonyl (C=O) groups is 3. The molecule has 0 N–H and O–H groups in total. The maximum atomic E-state index is 13.9. The molecule has 0 spiro atoms. The predicted molar refractivity (Wildman–Crippen MR) is 170 cm³/mol. The normalized spacial score (nSPS) is 22.2. The molecule has 6 rings (SSSR count). The van der Waals surface area contributed by atoms with Crippen molar-refractivity contribution in [1.82, 2.24) is 9.80 Å². The zero-order valence-corrected chi connectivity index (χ0v) is 26.8. The molecule has 3 aliphatic heterocycles. The Bertz CT molecular complexity index is 1320. The molecule has 2 bridgehead atoms. The number of esters is 1. The Balaban J connectivity index is 1.12. The zero-order valence-electron chi connectivity index (χ0n) is 26.0. The summed E-state index contributed by atoms with van der Waals surface area (Å²) in [7, 11) is 3.22. The van der Waals surface area contributed by atoms with Crippen molar-refractivity contribution < 1.29 is 28.6 Å². The van der Waals surface area contributed by atoms with E-state index in [1.54, 1.807) is 11.9 Å². The highest BCUT2D eigenvalue weighted by molar-refractivity contribution is 6.32. The van der Waals surface area contributed by atoms with Crippen molar-refractivity contribution in [3.63, 3.8) is 0 Å². The monoisotopic (exact) mass is 624 g/mol. The van der Waals surface area contributed by atoms with Crippen LogP contribution in [-0.4, -0.2) is 81.0 Å². The van der Waals surface area contributed by atoms with Crippen molar-refractivity contribution in [3.05, 3.63) is 58.1 Å². The molecule has 2 aromatic rings. The topological polar surface area (TPSA) is 85.4 Å². The molecule has 1 atom stereocenters. The van der Waals surface area contributed by atoms with Gasteiger partial charge in [0.05, 0.1) is 23.1 Å². The molecule has 44 heavy (non-hydrogen) atoms. The Kier molecular flexibility index (Phi) is 10.9. The minimum Gasteiger partial charge on any atom is -0.496 e. The summed E-state index contributed by atoms with van der Waals surface area (Å²) in [5, 5.41) is 0.243. The van der Waals surface area contributed by atoms with E-state index in [0.29, 0.717) is 35.8 Å². The zero-order chi connectivity index (χ0) is 31.1. The van der Waals surface area contributed by atoms with E-state index in [4.69, 9.17) is 25.8 Å². The van der Waals surface area contributed by atoms with Crippen molar-refractivity contribution in [3.8, 4) is 11.5 Å². The minimum atomic E-state index is -0.548. The highest BCUT2D eigenvalue weighted by atomic mass is 35.5. The first kappa shape index (κ1) is 32.3. The Morgan fingerprint density at radius 1 is 1.07 bits per heavy atom. The third kappa shape index (κ3) is 7.40. The highest BCUT2D eigenvalue weighted by Crippen LogP contribution is 2.42. The lowest BCUT2D eigenvalue weighted by molar-refractivity contribution is -0.167. The van der Waals surface area contributed by atoms with Crippen molar-refractivity contribution in [1.29, 1.82) is 0 Å². The van der Waals surface area contributed by atoms with Crippen LogP contribution < -0.4 is 9.47 Å². The van der Waals surface area contributed by atoms with E-state index in [1.165, 1.54) is 31.2 Å². The molecule has 1 amide bonds. The average molecular weight is 625 g/mol. The number of amides is 1. The van der Waals surface area contributed by atoms with Crippen LogP contribution in [0.2, 0.25) is 5.02 Å². The van der Waals surface area contributed by atoms with E-state index in [2.05, 4.69) is 29.2 Å². The second-order valence-corrected chi connectivity index (χ2v) is 13.0. The van der Waals surface area contributed by atoms with Gasteiger partial charge >= 0.3 is 5.97 Å². The van der Waals surface area contributed by atoms with Gasteiger partial charge in [-0.2, -0.15) is 0 Å². The summed E-state index contributed by atoms with van der Waals surface area (Å²) in [5.74, 6) is 0.949. The van der Waals surface area contributed by atoms with Crippen molar-refractivity contribution >= 4 is 29.8 Å². The van der Waals surface area contributed by atoms with Crippen LogP contribution >= 0.6 is 11.6 Å². The first-order valence-corrected chi connectivity index (χ1v) is 16.4. The van der Waals surface area contributed by atoms with Gasteiger partial charge in [-0.25, -0.2) is 0 Å². The summed E-state index contributed by atoms with van der Waals surface area (Å²) in [6, 6.07) is 11.5. The summed E-state index contributed by atoms with van der Waals surface area (Å²) in [4.78, 5) is 41.9. The van der Waals surface area contributed by atoms with Gasteiger partial charge in [-0.05, 0) is 81.1 Å². The van der Waals surface area contributed by atoms with Crippen LogP contribution in [0.25, 0.3) is 0 Å². The molecule has 4 fully saturated rings. The van der Waals surface area contributed by atoms with Gasteiger partial charge in [0.15, 0.2) is 12.9 Å². The lowest BCUT2D eigenvalue weighted by Crippen LogP contribution is -2.53. The number of nitrogens with zero attached hydrogens (tertiary/aromatic N) is 2. The fourth-order valence-electron chi connectivity index (χ4n) is 7.07. The number of piperidine rings is 3. The molecule has 0 unspecified atom stereocenters. The first-order valence-electron chi connectivity index (χ1n) is 16.1. The van der Waals surface area contributed by atoms with E-state index in [9.17, 15) is 14.4 Å². The van der Waals surface area contributed by atoms with Gasteiger partial charge in [-0.3, -0.25) is 19.3 Å². The highest BCUT2D eigenvalue weighted by Gasteiger charge is 2.45. The van der Waals surface area contributed by atoms with E-state index in [0.717, 1.165) is 83.0 Å². The quantitative estimate of drug-likeness (QED) is 0.157. The molecule has 238 valence electrons. The van der Waals surface area contributed by atoms with Crippen LogP contribution in [0.3, 0.4) is 0 Å². The smallest absolute Gasteiger partial charge is 0.316 e. The molecule has 9 heteroatoms. The van der Waals surface area contributed by atoms with E-state index >= 15 is 0 Å². The molecular weight excluding hydrogens is 580 g/mol. The molecule has 3 heterocycles.